The molecule has 24 heavy (non-hydrogen) atoms. The maximum Gasteiger partial charge on any atom is 0.221 e. The molecule has 0 saturated heterocycles. The first-order valence-corrected chi connectivity index (χ1v) is 8.71. The van der Waals surface area contributed by atoms with Crippen LogP contribution in [0, 0.1) is 0 Å². The molecule has 3 rings (SSSR count). The molecule has 0 saturated carbocycles. The molecule has 0 aliphatic carbocycles. The molecule has 0 radical (unpaired) electrons. The smallest absolute Gasteiger partial charge is 0.221 e. The van der Waals surface area contributed by atoms with Gasteiger partial charge in [0.15, 0.2) is 0 Å². The number of benzene rings is 2. The van der Waals surface area contributed by atoms with Crippen LogP contribution in [0.1, 0.15) is 12.8 Å². The maximum atomic E-state index is 12.0. The van der Waals surface area contributed by atoms with Crippen molar-refractivity contribution in [2.45, 2.75) is 22.6 Å². The van der Waals surface area contributed by atoms with Crippen LogP contribution >= 0.6 is 24.2 Å². The van der Waals surface area contributed by atoms with E-state index in [0.717, 1.165) is 6.42 Å². The topological polar surface area (TPSA) is 58.4 Å². The highest BCUT2D eigenvalue weighted by molar-refractivity contribution is 7.99. The van der Waals surface area contributed by atoms with Crippen LogP contribution in [0.5, 0.6) is 0 Å². The molecule has 0 aromatic heterocycles. The van der Waals surface area contributed by atoms with Crippen molar-refractivity contribution in [1.29, 1.82) is 0 Å². The van der Waals surface area contributed by atoms with Gasteiger partial charge in [-0.1, -0.05) is 36.0 Å². The van der Waals surface area contributed by atoms with Crippen molar-refractivity contribution in [3.63, 3.8) is 0 Å². The molecule has 3 N–H and O–H groups in total. The van der Waals surface area contributed by atoms with Gasteiger partial charge in [-0.05, 0) is 37.2 Å². The Morgan fingerprint density at radius 3 is 2.21 bits per heavy atom. The predicted octanol–water partition coefficient (Wildman–Crippen LogP) is 3.57. The standard InChI is InChI=1S/C18H21N3OS.ClH/c19-11-5-12-20-18(22)10-13-21-14-6-1-3-8-16(14)23-17-9-4-2-7-15(17)21;/h1-4,6-9H,5,10-13,19H2,(H,20,22);1H. The summed E-state index contributed by atoms with van der Waals surface area (Å²) in [6.45, 7) is 1.92. The number of fused-ring (bicyclic) bond motifs is 2. The predicted molar refractivity (Wildman–Crippen MR) is 103 cm³/mol. The second-order valence-corrected chi connectivity index (χ2v) is 6.52. The molecule has 1 aliphatic rings. The van der Waals surface area contributed by atoms with Crippen LogP contribution in [0.3, 0.4) is 0 Å². The van der Waals surface area contributed by atoms with E-state index in [4.69, 9.17) is 5.73 Å². The van der Waals surface area contributed by atoms with Gasteiger partial charge < -0.3 is 16.0 Å². The highest BCUT2D eigenvalue weighted by Gasteiger charge is 2.22. The third-order valence-electron chi connectivity index (χ3n) is 3.80. The quantitative estimate of drug-likeness (QED) is 0.770. The number of amides is 1. The first-order chi connectivity index (χ1) is 11.3. The van der Waals surface area contributed by atoms with Crippen LogP contribution in [-0.2, 0) is 4.79 Å². The molecule has 0 spiro atoms. The molecule has 0 bridgehead atoms. The van der Waals surface area contributed by atoms with Gasteiger partial charge in [0, 0.05) is 29.3 Å². The lowest BCUT2D eigenvalue weighted by Gasteiger charge is -2.32. The number of carbonyl (C=O) groups is 1. The lowest BCUT2D eigenvalue weighted by Crippen LogP contribution is -2.30. The molecule has 4 nitrogen and oxygen atoms in total. The molecule has 1 aliphatic heterocycles. The minimum absolute atomic E-state index is 0. The zero-order chi connectivity index (χ0) is 16.1. The van der Waals surface area contributed by atoms with Gasteiger partial charge in [0.05, 0.1) is 11.4 Å². The van der Waals surface area contributed by atoms with Crippen molar-refractivity contribution in [3.05, 3.63) is 48.5 Å². The highest BCUT2D eigenvalue weighted by Crippen LogP contribution is 2.47. The van der Waals surface area contributed by atoms with E-state index in [9.17, 15) is 4.79 Å². The summed E-state index contributed by atoms with van der Waals surface area (Å²) in [5.41, 5.74) is 7.79. The number of halogens is 1. The summed E-state index contributed by atoms with van der Waals surface area (Å²) in [4.78, 5) is 16.7. The average molecular weight is 364 g/mol. The first-order valence-electron chi connectivity index (χ1n) is 7.90. The molecular weight excluding hydrogens is 342 g/mol. The van der Waals surface area contributed by atoms with Gasteiger partial charge in [0.1, 0.15) is 0 Å². The minimum atomic E-state index is 0. The number of nitrogens with two attached hydrogens (primary N) is 1. The van der Waals surface area contributed by atoms with E-state index in [2.05, 4.69) is 46.6 Å². The van der Waals surface area contributed by atoms with Gasteiger partial charge in [-0.25, -0.2) is 0 Å². The second kappa shape index (κ2) is 8.97. The first kappa shape index (κ1) is 18.6. The van der Waals surface area contributed by atoms with Gasteiger partial charge in [0.2, 0.25) is 5.91 Å². The van der Waals surface area contributed by atoms with Crippen LogP contribution in [0.15, 0.2) is 58.3 Å². The second-order valence-electron chi connectivity index (χ2n) is 5.43. The molecule has 2 aromatic carbocycles. The number of anilines is 2. The van der Waals surface area contributed by atoms with Gasteiger partial charge in [-0.3, -0.25) is 4.79 Å². The SMILES string of the molecule is Cl.NCCCNC(=O)CCN1c2ccccc2Sc2ccccc21. The Bertz CT molecular complexity index is 650. The van der Waals surface area contributed by atoms with Crippen molar-refractivity contribution in [1.82, 2.24) is 5.32 Å². The number of rotatable bonds is 6. The molecule has 1 heterocycles. The lowest BCUT2D eigenvalue weighted by atomic mass is 10.2. The molecule has 1 amide bonds. The van der Waals surface area contributed by atoms with Gasteiger partial charge in [-0.15, -0.1) is 12.4 Å². The van der Waals surface area contributed by atoms with Gasteiger partial charge in [0.25, 0.3) is 0 Å². The van der Waals surface area contributed by atoms with Crippen molar-refractivity contribution in [2.24, 2.45) is 5.73 Å². The Morgan fingerprint density at radius 1 is 1.04 bits per heavy atom. The summed E-state index contributed by atoms with van der Waals surface area (Å²) in [7, 11) is 0. The van der Waals surface area contributed by atoms with Crippen LogP contribution < -0.4 is 16.0 Å². The summed E-state index contributed by atoms with van der Waals surface area (Å²) < 4.78 is 0. The van der Waals surface area contributed by atoms with Crippen LogP contribution in [0.2, 0.25) is 0 Å². The Labute approximate surface area is 153 Å². The van der Waals surface area contributed by atoms with Crippen LogP contribution in [0.25, 0.3) is 0 Å². The molecular formula is C18H22ClN3OS. The van der Waals surface area contributed by atoms with E-state index in [-0.39, 0.29) is 18.3 Å². The Hall–Kier alpha value is -1.69. The monoisotopic (exact) mass is 363 g/mol. The van der Waals surface area contributed by atoms with Gasteiger partial charge >= 0.3 is 0 Å². The molecule has 6 heteroatoms. The maximum absolute atomic E-state index is 12.0. The van der Waals surface area contributed by atoms with Crippen LogP contribution in [-0.4, -0.2) is 25.5 Å². The third-order valence-corrected chi connectivity index (χ3v) is 4.93. The van der Waals surface area contributed by atoms with E-state index in [1.807, 2.05) is 12.1 Å². The Balaban J connectivity index is 0.00000208. The summed E-state index contributed by atoms with van der Waals surface area (Å²) in [6, 6.07) is 16.7. The van der Waals surface area contributed by atoms with Crippen molar-refractivity contribution < 1.29 is 4.79 Å². The summed E-state index contributed by atoms with van der Waals surface area (Å²) in [5, 5.41) is 2.92. The number of para-hydroxylation sites is 2. The Morgan fingerprint density at radius 2 is 1.62 bits per heavy atom. The van der Waals surface area contributed by atoms with Crippen LogP contribution in [0.4, 0.5) is 11.4 Å². The van der Waals surface area contributed by atoms with E-state index < -0.39 is 0 Å². The summed E-state index contributed by atoms with van der Waals surface area (Å²) in [6.07, 6.45) is 1.29. The third kappa shape index (κ3) is 4.23. The molecule has 0 unspecified atom stereocenters. The number of hydrogen-bond donors (Lipinski definition) is 2. The molecule has 2 aromatic rings. The fraction of sp³-hybridized carbons (Fsp3) is 0.278. The number of nitrogens with zero attached hydrogens (tertiary/aromatic N) is 1. The Kier molecular flexibility index (Phi) is 6.97. The lowest BCUT2D eigenvalue weighted by molar-refractivity contribution is -0.120. The largest absolute Gasteiger partial charge is 0.356 e. The average Bonchev–Trinajstić information content (AvgIpc) is 2.59. The number of hydrogen-bond acceptors (Lipinski definition) is 4. The van der Waals surface area contributed by atoms with E-state index in [1.165, 1.54) is 21.2 Å². The number of carbonyl (C=O) groups excluding carboxylic acids is 1. The molecule has 0 fully saturated rings. The zero-order valence-electron chi connectivity index (χ0n) is 13.4. The molecule has 128 valence electrons. The van der Waals surface area contributed by atoms with E-state index in [0.29, 0.717) is 26.1 Å². The minimum Gasteiger partial charge on any atom is -0.356 e. The van der Waals surface area contributed by atoms with Crippen molar-refractivity contribution >= 4 is 41.5 Å². The normalized spacial score (nSPS) is 12.0. The zero-order valence-corrected chi connectivity index (χ0v) is 15.0. The highest BCUT2D eigenvalue weighted by atomic mass is 35.5. The van der Waals surface area contributed by atoms with E-state index in [1.54, 1.807) is 11.8 Å². The summed E-state index contributed by atoms with van der Waals surface area (Å²) >= 11 is 1.78. The van der Waals surface area contributed by atoms with E-state index >= 15 is 0 Å². The fourth-order valence-electron chi connectivity index (χ4n) is 2.65. The summed E-state index contributed by atoms with van der Waals surface area (Å²) in [5.74, 6) is 0.0756. The van der Waals surface area contributed by atoms with Crippen molar-refractivity contribution in [2.75, 3.05) is 24.5 Å². The molecule has 0 atom stereocenters. The number of nitrogens with one attached hydrogen (secondary N) is 1. The van der Waals surface area contributed by atoms with Crippen molar-refractivity contribution in [3.8, 4) is 0 Å². The fourth-order valence-corrected chi connectivity index (χ4v) is 3.75. The van der Waals surface area contributed by atoms with Gasteiger partial charge in [-0.2, -0.15) is 0 Å².